The van der Waals surface area contributed by atoms with Crippen molar-refractivity contribution in [2.45, 2.75) is 0 Å². The number of carboxylic acid groups (broad SMARTS) is 1. The summed E-state index contributed by atoms with van der Waals surface area (Å²) in [6.07, 6.45) is 0. The van der Waals surface area contributed by atoms with Crippen LogP contribution in [-0.4, -0.2) is 30.3 Å². The molecule has 0 fully saturated rings. The molecule has 0 unspecified atom stereocenters. The molecule has 1 aromatic carbocycles. The molecule has 1 heterocycles. The molecule has 0 aliphatic heterocycles. The first-order valence-electron chi connectivity index (χ1n) is 5.40. The van der Waals surface area contributed by atoms with Crippen LogP contribution in [0.15, 0.2) is 12.1 Å². The van der Waals surface area contributed by atoms with Crippen molar-refractivity contribution >= 4 is 34.0 Å². The number of nitrogens with two attached hydrogens (primary N) is 1. The van der Waals surface area contributed by atoms with E-state index in [1.807, 2.05) is 0 Å². The van der Waals surface area contributed by atoms with Gasteiger partial charge in [-0.3, -0.25) is 0 Å². The molecule has 20 heavy (non-hydrogen) atoms. The van der Waals surface area contributed by atoms with Crippen LogP contribution in [0.5, 0.6) is 11.5 Å². The highest BCUT2D eigenvalue weighted by molar-refractivity contribution is 7.19. The van der Waals surface area contributed by atoms with E-state index in [-0.39, 0.29) is 15.8 Å². The molecule has 1 aromatic heterocycles. The number of aromatic carboxylic acids is 1. The summed E-state index contributed by atoms with van der Waals surface area (Å²) < 4.78 is 10.3. The predicted octanol–water partition coefficient (Wildman–Crippen LogP) is 2.76. The van der Waals surface area contributed by atoms with Crippen LogP contribution < -0.4 is 15.2 Å². The van der Waals surface area contributed by atoms with Gasteiger partial charge in [-0.1, -0.05) is 22.9 Å². The van der Waals surface area contributed by atoms with Gasteiger partial charge in [0.1, 0.15) is 0 Å². The number of benzene rings is 1. The number of anilines is 1. The molecule has 6 nitrogen and oxygen atoms in total. The standard InChI is InChI=1S/C12H11ClN2O4S/c1-18-6-4-3-5(7(13)9(6)19-2)10-8(11(16)17)15-12(14)20-10/h3-4H,1-2H3,(H2,14,15)(H,16,17). The lowest BCUT2D eigenvalue weighted by atomic mass is 10.1. The van der Waals surface area contributed by atoms with Crippen molar-refractivity contribution in [2.75, 3.05) is 20.0 Å². The minimum absolute atomic E-state index is 0.137. The molecule has 0 amide bonds. The quantitative estimate of drug-likeness (QED) is 0.901. The topological polar surface area (TPSA) is 94.7 Å². The van der Waals surface area contributed by atoms with Crippen molar-refractivity contribution < 1.29 is 19.4 Å². The van der Waals surface area contributed by atoms with E-state index in [0.717, 1.165) is 11.3 Å². The largest absolute Gasteiger partial charge is 0.493 e. The van der Waals surface area contributed by atoms with Gasteiger partial charge in [0.15, 0.2) is 22.3 Å². The van der Waals surface area contributed by atoms with Crippen LogP contribution in [0.4, 0.5) is 5.13 Å². The van der Waals surface area contributed by atoms with Gasteiger partial charge in [-0.05, 0) is 12.1 Å². The molecule has 0 bridgehead atoms. The smallest absolute Gasteiger partial charge is 0.356 e. The number of rotatable bonds is 4. The van der Waals surface area contributed by atoms with Crippen molar-refractivity contribution in [3.63, 3.8) is 0 Å². The maximum absolute atomic E-state index is 11.2. The van der Waals surface area contributed by atoms with Crippen LogP contribution in [0.25, 0.3) is 10.4 Å². The van der Waals surface area contributed by atoms with Gasteiger partial charge in [-0.25, -0.2) is 9.78 Å². The number of nitrogens with zero attached hydrogens (tertiary/aromatic N) is 1. The van der Waals surface area contributed by atoms with Crippen LogP contribution in [0, 0.1) is 0 Å². The number of ether oxygens (including phenoxy) is 2. The lowest BCUT2D eigenvalue weighted by Gasteiger charge is -2.12. The number of methoxy groups -OCH3 is 2. The van der Waals surface area contributed by atoms with Gasteiger partial charge in [-0.15, -0.1) is 0 Å². The van der Waals surface area contributed by atoms with E-state index >= 15 is 0 Å². The second-order valence-electron chi connectivity index (χ2n) is 3.70. The number of hydrogen-bond donors (Lipinski definition) is 2. The highest BCUT2D eigenvalue weighted by Gasteiger charge is 2.22. The highest BCUT2D eigenvalue weighted by atomic mass is 35.5. The second kappa shape index (κ2) is 5.56. The number of carbonyl (C=O) groups is 1. The Bertz CT molecular complexity index is 672. The van der Waals surface area contributed by atoms with Crippen molar-refractivity contribution in [1.29, 1.82) is 0 Å². The Morgan fingerprint density at radius 3 is 2.65 bits per heavy atom. The first-order chi connectivity index (χ1) is 9.49. The molecule has 0 spiro atoms. The van der Waals surface area contributed by atoms with Crippen LogP contribution in [0.2, 0.25) is 5.02 Å². The summed E-state index contributed by atoms with van der Waals surface area (Å²) in [5.74, 6) is -0.385. The molecule has 0 saturated carbocycles. The van der Waals surface area contributed by atoms with E-state index in [1.165, 1.54) is 14.2 Å². The summed E-state index contributed by atoms with van der Waals surface area (Å²) in [6, 6.07) is 3.28. The number of aromatic nitrogens is 1. The van der Waals surface area contributed by atoms with E-state index in [2.05, 4.69) is 4.98 Å². The molecular formula is C12H11ClN2O4S. The molecule has 2 rings (SSSR count). The van der Waals surface area contributed by atoms with Crippen LogP contribution in [0.1, 0.15) is 10.5 Å². The minimum Gasteiger partial charge on any atom is -0.493 e. The van der Waals surface area contributed by atoms with Crippen molar-refractivity contribution in [3.05, 3.63) is 22.8 Å². The molecule has 106 valence electrons. The summed E-state index contributed by atoms with van der Waals surface area (Å²) >= 11 is 7.30. The Labute approximate surface area is 123 Å². The fourth-order valence-corrected chi connectivity index (χ4v) is 2.97. The second-order valence-corrected chi connectivity index (χ2v) is 5.11. The third-order valence-electron chi connectivity index (χ3n) is 2.58. The summed E-state index contributed by atoms with van der Waals surface area (Å²) in [6.45, 7) is 0. The van der Waals surface area contributed by atoms with E-state index < -0.39 is 5.97 Å². The van der Waals surface area contributed by atoms with Crippen LogP contribution >= 0.6 is 22.9 Å². The third kappa shape index (κ3) is 2.37. The van der Waals surface area contributed by atoms with Gasteiger partial charge >= 0.3 is 5.97 Å². The summed E-state index contributed by atoms with van der Waals surface area (Å²) in [5.41, 5.74) is 5.92. The normalized spacial score (nSPS) is 10.3. The summed E-state index contributed by atoms with van der Waals surface area (Å²) in [7, 11) is 2.94. The zero-order valence-corrected chi connectivity index (χ0v) is 12.2. The Balaban J connectivity index is 2.68. The molecule has 0 aliphatic carbocycles. The van der Waals surface area contributed by atoms with Gasteiger partial charge < -0.3 is 20.3 Å². The fraction of sp³-hybridized carbons (Fsp3) is 0.167. The van der Waals surface area contributed by atoms with Gasteiger partial charge in [0, 0.05) is 5.56 Å². The maximum atomic E-state index is 11.2. The first-order valence-corrected chi connectivity index (χ1v) is 6.59. The SMILES string of the molecule is COc1ccc(-c2sc(N)nc2C(=O)O)c(Cl)c1OC. The maximum Gasteiger partial charge on any atom is 0.356 e. The highest BCUT2D eigenvalue weighted by Crippen LogP contribution is 2.44. The molecule has 0 saturated heterocycles. The van der Waals surface area contributed by atoms with Crippen molar-refractivity contribution in [2.24, 2.45) is 0 Å². The Morgan fingerprint density at radius 2 is 2.10 bits per heavy atom. The fourth-order valence-electron chi connectivity index (χ4n) is 1.73. The van der Waals surface area contributed by atoms with Crippen molar-refractivity contribution in [1.82, 2.24) is 4.98 Å². The van der Waals surface area contributed by atoms with E-state index in [9.17, 15) is 4.79 Å². The monoisotopic (exact) mass is 314 g/mol. The Kier molecular flexibility index (Phi) is 4.01. The molecule has 0 aliphatic rings. The van der Waals surface area contributed by atoms with E-state index in [4.69, 9.17) is 31.9 Å². The van der Waals surface area contributed by atoms with Crippen LogP contribution in [-0.2, 0) is 0 Å². The lowest BCUT2D eigenvalue weighted by Crippen LogP contribution is -2.00. The average Bonchev–Trinajstić information content (AvgIpc) is 2.80. The van der Waals surface area contributed by atoms with E-state index in [0.29, 0.717) is 21.9 Å². The molecular weight excluding hydrogens is 304 g/mol. The number of thiazole rings is 1. The number of nitrogen functional groups attached to an aromatic ring is 1. The zero-order chi connectivity index (χ0) is 14.9. The number of hydrogen-bond acceptors (Lipinski definition) is 6. The molecule has 3 N–H and O–H groups in total. The first kappa shape index (κ1) is 14.4. The number of carboxylic acids is 1. The van der Waals surface area contributed by atoms with Gasteiger partial charge in [-0.2, -0.15) is 0 Å². The molecule has 0 atom stereocenters. The predicted molar refractivity (Wildman–Crippen MR) is 77.0 cm³/mol. The van der Waals surface area contributed by atoms with Gasteiger partial charge in [0.05, 0.1) is 24.1 Å². The molecule has 0 radical (unpaired) electrons. The van der Waals surface area contributed by atoms with Crippen molar-refractivity contribution in [3.8, 4) is 21.9 Å². The third-order valence-corrected chi connectivity index (χ3v) is 3.87. The molecule has 8 heteroatoms. The number of halogens is 1. The van der Waals surface area contributed by atoms with Gasteiger partial charge in [0.25, 0.3) is 0 Å². The average molecular weight is 315 g/mol. The lowest BCUT2D eigenvalue weighted by molar-refractivity contribution is 0.0692. The van der Waals surface area contributed by atoms with Gasteiger partial charge in [0.2, 0.25) is 0 Å². The van der Waals surface area contributed by atoms with E-state index in [1.54, 1.807) is 12.1 Å². The Morgan fingerprint density at radius 1 is 1.40 bits per heavy atom. The summed E-state index contributed by atoms with van der Waals surface area (Å²) in [4.78, 5) is 15.4. The minimum atomic E-state index is -1.17. The summed E-state index contributed by atoms with van der Waals surface area (Å²) in [5, 5.41) is 9.55. The Hall–Kier alpha value is -1.99. The molecule has 2 aromatic rings. The van der Waals surface area contributed by atoms with Crippen LogP contribution in [0.3, 0.4) is 0 Å². The zero-order valence-electron chi connectivity index (χ0n) is 10.6.